The summed E-state index contributed by atoms with van der Waals surface area (Å²) in [6.07, 6.45) is 0. The first-order valence-corrected chi connectivity index (χ1v) is 7.13. The Morgan fingerprint density at radius 3 is 2.67 bits per heavy atom. The Morgan fingerprint density at radius 2 is 1.90 bits per heavy atom. The second-order valence-electron chi connectivity index (χ2n) is 5.28. The molecule has 3 heteroatoms. The van der Waals surface area contributed by atoms with E-state index in [0.29, 0.717) is 6.54 Å². The van der Waals surface area contributed by atoms with Crippen molar-refractivity contribution in [3.05, 3.63) is 65.4 Å². The summed E-state index contributed by atoms with van der Waals surface area (Å²) in [4.78, 5) is 0. The fraction of sp³-hybridized carbons (Fsp3) is 0.222. The molecular weight excluding hydrogens is 260 g/mol. The van der Waals surface area contributed by atoms with Gasteiger partial charge in [0.2, 0.25) is 0 Å². The highest BCUT2D eigenvalue weighted by molar-refractivity contribution is 5.81. The van der Waals surface area contributed by atoms with E-state index in [4.69, 9.17) is 10.5 Å². The molecule has 108 valence electrons. The van der Waals surface area contributed by atoms with Gasteiger partial charge in [0.05, 0.1) is 7.11 Å². The van der Waals surface area contributed by atoms with E-state index in [0.717, 1.165) is 17.9 Å². The number of aryl methyl sites for hydroxylation is 1. The third-order valence-electron chi connectivity index (χ3n) is 3.93. The average molecular weight is 280 g/mol. The van der Waals surface area contributed by atoms with Crippen LogP contribution in [0.5, 0.6) is 5.75 Å². The van der Waals surface area contributed by atoms with E-state index in [-0.39, 0.29) is 0 Å². The molecule has 0 saturated carbocycles. The van der Waals surface area contributed by atoms with E-state index in [1.165, 1.54) is 22.2 Å². The smallest absolute Gasteiger partial charge is 0.123 e. The van der Waals surface area contributed by atoms with Crippen LogP contribution in [0.25, 0.3) is 10.9 Å². The highest BCUT2D eigenvalue weighted by Crippen LogP contribution is 2.24. The highest BCUT2D eigenvalue weighted by Gasteiger charge is 2.08. The van der Waals surface area contributed by atoms with Crippen molar-refractivity contribution in [3.8, 4) is 5.75 Å². The van der Waals surface area contributed by atoms with E-state index in [1.54, 1.807) is 7.11 Å². The summed E-state index contributed by atoms with van der Waals surface area (Å²) in [6.45, 7) is 3.47. The highest BCUT2D eigenvalue weighted by atomic mass is 16.5. The van der Waals surface area contributed by atoms with Crippen LogP contribution in [0.2, 0.25) is 0 Å². The molecule has 3 aromatic rings. The number of benzene rings is 2. The van der Waals surface area contributed by atoms with E-state index >= 15 is 0 Å². The number of methoxy groups -OCH3 is 1. The number of fused-ring (bicyclic) bond motifs is 1. The molecule has 0 spiro atoms. The Kier molecular flexibility index (Phi) is 3.67. The van der Waals surface area contributed by atoms with Crippen molar-refractivity contribution in [2.75, 3.05) is 7.11 Å². The summed E-state index contributed by atoms with van der Waals surface area (Å²) in [7, 11) is 1.69. The molecule has 1 aromatic heterocycles. The number of nitrogens with two attached hydrogens (primary N) is 1. The molecule has 0 aliphatic heterocycles. The second kappa shape index (κ2) is 5.62. The van der Waals surface area contributed by atoms with Gasteiger partial charge in [-0.05, 0) is 36.1 Å². The lowest BCUT2D eigenvalue weighted by molar-refractivity contribution is 0.409. The van der Waals surface area contributed by atoms with Gasteiger partial charge in [-0.15, -0.1) is 0 Å². The third-order valence-corrected chi connectivity index (χ3v) is 3.93. The van der Waals surface area contributed by atoms with Crippen molar-refractivity contribution in [3.63, 3.8) is 0 Å². The van der Waals surface area contributed by atoms with Gasteiger partial charge in [-0.2, -0.15) is 0 Å². The predicted molar refractivity (Wildman–Crippen MR) is 86.7 cm³/mol. The maximum atomic E-state index is 5.73. The van der Waals surface area contributed by atoms with Crippen molar-refractivity contribution in [2.24, 2.45) is 5.73 Å². The molecule has 0 aliphatic rings. The Labute approximate surface area is 125 Å². The molecule has 1 heterocycles. The van der Waals surface area contributed by atoms with E-state index < -0.39 is 0 Å². The Bertz CT molecular complexity index is 774. The third kappa shape index (κ3) is 2.52. The quantitative estimate of drug-likeness (QED) is 0.795. The standard InChI is InChI=1S/C18H20N2O/c1-13-9-15-5-3-4-6-17(15)20(13)12-14-7-8-16(11-19)18(10-14)21-2/h3-10H,11-12,19H2,1-2H3. The fourth-order valence-electron chi connectivity index (χ4n) is 2.80. The summed E-state index contributed by atoms with van der Waals surface area (Å²) in [5.74, 6) is 0.865. The zero-order valence-electron chi connectivity index (χ0n) is 12.5. The summed E-state index contributed by atoms with van der Waals surface area (Å²) in [5, 5.41) is 1.28. The van der Waals surface area contributed by atoms with Crippen molar-refractivity contribution >= 4 is 10.9 Å². The first-order chi connectivity index (χ1) is 10.2. The molecule has 0 unspecified atom stereocenters. The molecule has 21 heavy (non-hydrogen) atoms. The molecule has 0 fully saturated rings. The Balaban J connectivity index is 2.00. The number of hydrogen-bond donors (Lipinski definition) is 1. The molecule has 0 aliphatic carbocycles. The van der Waals surface area contributed by atoms with Crippen LogP contribution in [0.1, 0.15) is 16.8 Å². The maximum Gasteiger partial charge on any atom is 0.123 e. The minimum absolute atomic E-state index is 0.495. The zero-order valence-corrected chi connectivity index (χ0v) is 12.5. The summed E-state index contributed by atoms with van der Waals surface area (Å²) in [6, 6.07) is 16.9. The average Bonchev–Trinajstić information content (AvgIpc) is 2.83. The van der Waals surface area contributed by atoms with Crippen LogP contribution in [0.15, 0.2) is 48.5 Å². The lowest BCUT2D eigenvalue weighted by Gasteiger charge is -2.12. The SMILES string of the molecule is COc1cc(Cn2c(C)cc3ccccc32)ccc1CN. The topological polar surface area (TPSA) is 40.2 Å². The van der Waals surface area contributed by atoms with Gasteiger partial charge in [0, 0.05) is 29.9 Å². The van der Waals surface area contributed by atoms with Crippen molar-refractivity contribution in [2.45, 2.75) is 20.0 Å². The van der Waals surface area contributed by atoms with Crippen LogP contribution in [0.3, 0.4) is 0 Å². The van der Waals surface area contributed by atoms with Crippen LogP contribution in [0.4, 0.5) is 0 Å². The van der Waals surface area contributed by atoms with E-state index in [9.17, 15) is 0 Å². The van der Waals surface area contributed by atoms with Gasteiger partial charge in [-0.1, -0.05) is 30.3 Å². The van der Waals surface area contributed by atoms with Crippen molar-refractivity contribution in [1.29, 1.82) is 0 Å². The molecule has 0 amide bonds. The number of nitrogens with zero attached hydrogens (tertiary/aromatic N) is 1. The Morgan fingerprint density at radius 1 is 1.10 bits per heavy atom. The monoisotopic (exact) mass is 280 g/mol. The predicted octanol–water partition coefficient (Wildman–Crippen LogP) is 3.47. The summed E-state index contributed by atoms with van der Waals surface area (Å²) >= 11 is 0. The zero-order chi connectivity index (χ0) is 14.8. The van der Waals surface area contributed by atoms with Gasteiger partial charge in [0.15, 0.2) is 0 Å². The van der Waals surface area contributed by atoms with Gasteiger partial charge >= 0.3 is 0 Å². The minimum Gasteiger partial charge on any atom is -0.496 e. The van der Waals surface area contributed by atoms with Gasteiger partial charge in [0.25, 0.3) is 0 Å². The first-order valence-electron chi connectivity index (χ1n) is 7.13. The lowest BCUT2D eigenvalue weighted by atomic mass is 10.1. The van der Waals surface area contributed by atoms with Crippen LogP contribution < -0.4 is 10.5 Å². The van der Waals surface area contributed by atoms with Gasteiger partial charge in [-0.25, -0.2) is 0 Å². The molecule has 3 nitrogen and oxygen atoms in total. The molecular formula is C18H20N2O. The molecule has 2 N–H and O–H groups in total. The lowest BCUT2D eigenvalue weighted by Crippen LogP contribution is -2.04. The van der Waals surface area contributed by atoms with Gasteiger partial charge in [0.1, 0.15) is 5.75 Å². The largest absolute Gasteiger partial charge is 0.496 e. The van der Waals surface area contributed by atoms with E-state index in [2.05, 4.69) is 60.0 Å². The van der Waals surface area contributed by atoms with Crippen molar-refractivity contribution in [1.82, 2.24) is 4.57 Å². The normalized spacial score (nSPS) is 11.0. The maximum absolute atomic E-state index is 5.73. The number of para-hydroxylation sites is 1. The van der Waals surface area contributed by atoms with Crippen LogP contribution in [-0.4, -0.2) is 11.7 Å². The number of aromatic nitrogens is 1. The van der Waals surface area contributed by atoms with Crippen LogP contribution >= 0.6 is 0 Å². The molecule has 0 radical (unpaired) electrons. The van der Waals surface area contributed by atoms with Gasteiger partial charge in [-0.3, -0.25) is 0 Å². The summed E-state index contributed by atoms with van der Waals surface area (Å²) < 4.78 is 7.75. The number of ether oxygens (including phenoxy) is 1. The molecule has 2 aromatic carbocycles. The number of rotatable bonds is 4. The van der Waals surface area contributed by atoms with Crippen LogP contribution in [-0.2, 0) is 13.1 Å². The van der Waals surface area contributed by atoms with Gasteiger partial charge < -0.3 is 15.0 Å². The molecule has 3 rings (SSSR count). The molecule has 0 bridgehead atoms. The van der Waals surface area contributed by atoms with Crippen LogP contribution in [0, 0.1) is 6.92 Å². The first kappa shape index (κ1) is 13.7. The molecule has 0 saturated heterocycles. The van der Waals surface area contributed by atoms with E-state index in [1.807, 2.05) is 0 Å². The Hall–Kier alpha value is -2.26. The number of hydrogen-bond acceptors (Lipinski definition) is 2. The fourth-order valence-corrected chi connectivity index (χ4v) is 2.80. The second-order valence-corrected chi connectivity index (χ2v) is 5.28. The molecule has 0 atom stereocenters. The summed E-state index contributed by atoms with van der Waals surface area (Å²) in [5.41, 5.74) is 10.5. The van der Waals surface area contributed by atoms with Crippen molar-refractivity contribution < 1.29 is 4.74 Å². The minimum atomic E-state index is 0.495.